The van der Waals surface area contributed by atoms with Gasteiger partial charge in [0.25, 0.3) is 0 Å². The lowest BCUT2D eigenvalue weighted by molar-refractivity contribution is -0.144. The molecule has 3 unspecified atom stereocenters. The van der Waals surface area contributed by atoms with Crippen molar-refractivity contribution in [1.82, 2.24) is 10.6 Å². The van der Waals surface area contributed by atoms with E-state index in [9.17, 15) is 4.79 Å². The highest BCUT2D eigenvalue weighted by molar-refractivity contribution is 5.76. The summed E-state index contributed by atoms with van der Waals surface area (Å²) in [6.07, 6.45) is 8.99. The fourth-order valence-corrected chi connectivity index (χ4v) is 3.98. The third-order valence-corrected chi connectivity index (χ3v) is 5.20. The van der Waals surface area contributed by atoms with Crippen molar-refractivity contribution >= 4 is 5.97 Å². The summed E-state index contributed by atoms with van der Waals surface area (Å²) >= 11 is 0. The lowest BCUT2D eigenvalue weighted by Gasteiger charge is -2.41. The third kappa shape index (κ3) is 4.43. The van der Waals surface area contributed by atoms with Crippen LogP contribution in [0, 0.1) is 11.8 Å². The second-order valence-electron chi connectivity index (χ2n) is 7.02. The van der Waals surface area contributed by atoms with E-state index in [-0.39, 0.29) is 17.9 Å². The molecule has 1 aliphatic carbocycles. The maximum absolute atomic E-state index is 12.0. The van der Waals surface area contributed by atoms with Gasteiger partial charge < -0.3 is 15.4 Å². The van der Waals surface area contributed by atoms with Gasteiger partial charge in [0.2, 0.25) is 0 Å². The van der Waals surface area contributed by atoms with Crippen molar-refractivity contribution in [3.8, 4) is 0 Å². The molecule has 21 heavy (non-hydrogen) atoms. The van der Waals surface area contributed by atoms with E-state index in [4.69, 9.17) is 4.74 Å². The number of piperidine rings is 1. The summed E-state index contributed by atoms with van der Waals surface area (Å²) in [6.45, 7) is 5.33. The number of carbonyl (C=O) groups excluding carboxylic acids is 1. The molecule has 1 saturated heterocycles. The average Bonchev–Trinajstić information content (AvgIpc) is 2.52. The van der Waals surface area contributed by atoms with Crippen molar-refractivity contribution in [1.29, 1.82) is 0 Å². The summed E-state index contributed by atoms with van der Waals surface area (Å²) in [5, 5.41) is 7.35. The van der Waals surface area contributed by atoms with Gasteiger partial charge in [-0.05, 0) is 44.1 Å². The van der Waals surface area contributed by atoms with Crippen LogP contribution in [0.15, 0.2) is 0 Å². The van der Waals surface area contributed by atoms with E-state index in [1.54, 1.807) is 0 Å². The number of nitrogens with one attached hydrogen (secondary N) is 2. The van der Waals surface area contributed by atoms with Crippen molar-refractivity contribution in [3.63, 3.8) is 0 Å². The summed E-state index contributed by atoms with van der Waals surface area (Å²) in [6, 6.07) is 0.895. The summed E-state index contributed by atoms with van der Waals surface area (Å²) in [5.41, 5.74) is 0. The van der Waals surface area contributed by atoms with E-state index in [0.29, 0.717) is 18.0 Å². The molecule has 0 aromatic rings. The Kier molecular flexibility index (Phi) is 6.49. The molecule has 2 N–H and O–H groups in total. The van der Waals surface area contributed by atoms with Crippen LogP contribution in [0.25, 0.3) is 0 Å². The highest BCUT2D eigenvalue weighted by Crippen LogP contribution is 2.31. The van der Waals surface area contributed by atoms with Crippen molar-refractivity contribution in [2.24, 2.45) is 11.8 Å². The van der Waals surface area contributed by atoms with Crippen LogP contribution < -0.4 is 10.6 Å². The Bertz CT molecular complexity index is 327. The second kappa shape index (κ2) is 8.14. The minimum absolute atomic E-state index is 0.120. The Hall–Kier alpha value is -0.610. The Morgan fingerprint density at radius 1 is 1.14 bits per heavy atom. The standard InChI is InChI=1S/C17H32N2O2/c1-12(2)16(17(20)21-3)19-15-10-5-4-8-13(15)14-9-6-7-11-18-14/h12-16,18-19H,4-11H2,1-3H3/t13?,14?,15?,16-/m0/s1. The number of hydrogen-bond donors (Lipinski definition) is 2. The highest BCUT2D eigenvalue weighted by Gasteiger charge is 2.35. The number of rotatable bonds is 5. The molecule has 0 aromatic heterocycles. The number of esters is 1. The normalized spacial score (nSPS) is 31.9. The Labute approximate surface area is 129 Å². The highest BCUT2D eigenvalue weighted by atomic mass is 16.5. The molecule has 4 nitrogen and oxygen atoms in total. The lowest BCUT2D eigenvalue weighted by atomic mass is 9.76. The smallest absolute Gasteiger partial charge is 0.323 e. The van der Waals surface area contributed by atoms with Gasteiger partial charge in [-0.1, -0.05) is 33.1 Å². The second-order valence-corrected chi connectivity index (χ2v) is 7.02. The van der Waals surface area contributed by atoms with Crippen molar-refractivity contribution in [2.45, 2.75) is 76.9 Å². The molecule has 2 fully saturated rings. The molecule has 0 spiro atoms. The number of ether oxygens (including phenoxy) is 1. The van der Waals surface area contributed by atoms with Gasteiger partial charge in [-0.15, -0.1) is 0 Å². The molecule has 0 aromatic carbocycles. The molecule has 1 heterocycles. The lowest BCUT2D eigenvalue weighted by Crippen LogP contribution is -2.55. The fraction of sp³-hybridized carbons (Fsp3) is 0.941. The average molecular weight is 296 g/mol. The van der Waals surface area contributed by atoms with Crippen LogP contribution in [0.3, 0.4) is 0 Å². The SMILES string of the molecule is COC(=O)[C@@H](NC1CCCCC1C1CCCCN1)C(C)C. The topological polar surface area (TPSA) is 50.4 Å². The largest absolute Gasteiger partial charge is 0.468 e. The van der Waals surface area contributed by atoms with E-state index >= 15 is 0 Å². The molecule has 1 aliphatic heterocycles. The van der Waals surface area contributed by atoms with E-state index < -0.39 is 0 Å². The predicted octanol–water partition coefficient (Wildman–Crippen LogP) is 2.47. The molecule has 4 atom stereocenters. The van der Waals surface area contributed by atoms with E-state index in [2.05, 4.69) is 24.5 Å². The molecule has 2 aliphatic rings. The summed E-state index contributed by atoms with van der Waals surface area (Å²) in [4.78, 5) is 12.0. The molecule has 0 amide bonds. The minimum atomic E-state index is -0.177. The summed E-state index contributed by atoms with van der Waals surface area (Å²) in [7, 11) is 1.49. The number of methoxy groups -OCH3 is 1. The van der Waals surface area contributed by atoms with Gasteiger partial charge in [-0.3, -0.25) is 4.79 Å². The maximum atomic E-state index is 12.0. The quantitative estimate of drug-likeness (QED) is 0.765. The van der Waals surface area contributed by atoms with E-state index in [1.807, 2.05) is 0 Å². The zero-order valence-corrected chi connectivity index (χ0v) is 13.9. The molecular weight excluding hydrogens is 264 g/mol. The van der Waals surface area contributed by atoms with Gasteiger partial charge in [0.1, 0.15) is 6.04 Å². The summed E-state index contributed by atoms with van der Waals surface area (Å²) < 4.78 is 4.98. The van der Waals surface area contributed by atoms with Crippen LogP contribution in [-0.4, -0.2) is 37.7 Å². The molecular formula is C17H32N2O2. The molecule has 1 saturated carbocycles. The Morgan fingerprint density at radius 3 is 2.48 bits per heavy atom. The number of carbonyl (C=O) groups is 1. The molecule has 122 valence electrons. The predicted molar refractivity (Wildman–Crippen MR) is 85.2 cm³/mol. The molecule has 2 rings (SSSR count). The number of hydrogen-bond acceptors (Lipinski definition) is 4. The molecule has 0 bridgehead atoms. The zero-order valence-electron chi connectivity index (χ0n) is 13.9. The van der Waals surface area contributed by atoms with Gasteiger partial charge in [-0.25, -0.2) is 0 Å². The first kappa shape index (κ1) is 16.8. The Balaban J connectivity index is 2.01. The van der Waals surface area contributed by atoms with Crippen LogP contribution in [-0.2, 0) is 9.53 Å². The van der Waals surface area contributed by atoms with Crippen molar-refractivity contribution in [3.05, 3.63) is 0 Å². The van der Waals surface area contributed by atoms with Crippen LogP contribution in [0.5, 0.6) is 0 Å². The first-order chi connectivity index (χ1) is 10.1. The van der Waals surface area contributed by atoms with Crippen molar-refractivity contribution < 1.29 is 9.53 Å². The molecule has 0 radical (unpaired) electrons. The zero-order chi connectivity index (χ0) is 15.2. The monoisotopic (exact) mass is 296 g/mol. The maximum Gasteiger partial charge on any atom is 0.323 e. The van der Waals surface area contributed by atoms with E-state index in [0.717, 1.165) is 6.54 Å². The van der Waals surface area contributed by atoms with Gasteiger partial charge in [0.05, 0.1) is 7.11 Å². The van der Waals surface area contributed by atoms with Gasteiger partial charge in [-0.2, -0.15) is 0 Å². The van der Waals surface area contributed by atoms with Crippen LogP contribution in [0.4, 0.5) is 0 Å². The van der Waals surface area contributed by atoms with Crippen LogP contribution in [0.2, 0.25) is 0 Å². The van der Waals surface area contributed by atoms with Crippen LogP contribution in [0.1, 0.15) is 58.8 Å². The Morgan fingerprint density at radius 2 is 1.86 bits per heavy atom. The van der Waals surface area contributed by atoms with E-state index in [1.165, 1.54) is 52.1 Å². The van der Waals surface area contributed by atoms with Gasteiger partial charge in [0.15, 0.2) is 0 Å². The van der Waals surface area contributed by atoms with Crippen LogP contribution >= 0.6 is 0 Å². The summed E-state index contributed by atoms with van der Waals surface area (Å²) in [5.74, 6) is 0.801. The van der Waals surface area contributed by atoms with Gasteiger partial charge in [0, 0.05) is 12.1 Å². The first-order valence-electron chi connectivity index (χ1n) is 8.70. The minimum Gasteiger partial charge on any atom is -0.468 e. The van der Waals surface area contributed by atoms with Gasteiger partial charge >= 0.3 is 5.97 Å². The fourth-order valence-electron chi connectivity index (χ4n) is 3.98. The first-order valence-corrected chi connectivity index (χ1v) is 8.70. The van der Waals surface area contributed by atoms with Crippen molar-refractivity contribution in [2.75, 3.05) is 13.7 Å². The third-order valence-electron chi connectivity index (χ3n) is 5.20. The molecule has 4 heteroatoms.